The molecule has 2 N–H and O–H groups in total. The third kappa shape index (κ3) is 31.2. The Labute approximate surface area is 222 Å². The molecule has 0 aromatic carbocycles. The average molecular weight is 737 g/mol. The summed E-state index contributed by atoms with van der Waals surface area (Å²) in [6.45, 7) is 10.2. The van der Waals surface area contributed by atoms with Gasteiger partial charge in [0.2, 0.25) is 4.69 Å². The number of aliphatic hydroxyl groups is 2. The maximum Gasteiger partial charge on any atom is 0.322 e. The Bertz CT molecular complexity index is 444. The molecular weight excluding hydrogens is 707 g/mol. The Morgan fingerprint density at radius 1 is 0.733 bits per heavy atom. The largest absolute Gasteiger partial charge is 0.461 e. The highest BCUT2D eigenvalue weighted by Gasteiger charge is 2.27. The molecule has 0 fully saturated rings. The fraction of sp³-hybridized carbons (Fsp3) is 0.824. The number of hydrogen-bond acceptors (Lipinski definition) is 7. The van der Waals surface area contributed by atoms with E-state index >= 15 is 0 Å². The van der Waals surface area contributed by atoms with Gasteiger partial charge in [0.15, 0.2) is 0 Å². The molecule has 0 aliphatic carbocycles. The van der Waals surface area contributed by atoms with Crippen LogP contribution in [0.4, 0.5) is 0 Å². The van der Waals surface area contributed by atoms with E-state index < -0.39 is 13.0 Å². The van der Waals surface area contributed by atoms with Crippen molar-refractivity contribution in [3.63, 3.8) is 0 Å². The van der Waals surface area contributed by atoms with Crippen molar-refractivity contribution in [1.29, 1.82) is 0 Å². The minimum absolute atomic E-state index is 0.0278. The molecule has 0 rings (SSSR count). The first-order valence-corrected chi connectivity index (χ1v) is 12.5. The molecule has 0 spiro atoms. The molecule has 0 aliphatic rings. The van der Waals surface area contributed by atoms with E-state index in [1.165, 1.54) is 0 Å². The predicted molar refractivity (Wildman–Crippen MR) is 136 cm³/mol. The molecule has 0 radical (unpaired) electrons. The number of aliphatic hydroxyl groups excluding tert-OH is 2. The van der Waals surface area contributed by atoms with Crippen LogP contribution in [-0.4, -0.2) is 71.6 Å². The van der Waals surface area contributed by atoms with E-state index in [9.17, 15) is 14.4 Å². The first-order valence-electron chi connectivity index (χ1n) is 8.27. The van der Waals surface area contributed by atoms with Crippen LogP contribution >= 0.6 is 86.9 Å². The van der Waals surface area contributed by atoms with Gasteiger partial charge in [-0.2, -0.15) is 0 Å². The lowest BCUT2D eigenvalue weighted by molar-refractivity contribution is -0.154. The SMILES string of the molecule is CC(C)(Br)C(=O)Br.CC(C)(Br)C(=O)OCCOC(=O)C(C)(C)Br.ClCCl.OCCO. The van der Waals surface area contributed by atoms with Crippen molar-refractivity contribution in [2.24, 2.45) is 0 Å². The van der Waals surface area contributed by atoms with E-state index in [2.05, 4.69) is 63.7 Å². The molecule has 0 aromatic heterocycles. The van der Waals surface area contributed by atoms with Crippen LogP contribution < -0.4 is 0 Å². The van der Waals surface area contributed by atoms with Crippen molar-refractivity contribution in [3.05, 3.63) is 0 Å². The molecule has 30 heavy (non-hydrogen) atoms. The lowest BCUT2D eigenvalue weighted by Crippen LogP contribution is -2.30. The summed E-state index contributed by atoms with van der Waals surface area (Å²) >= 11 is 21.8. The molecule has 0 aromatic rings. The number of rotatable bonds is 7. The van der Waals surface area contributed by atoms with Crippen molar-refractivity contribution in [2.45, 2.75) is 54.5 Å². The van der Waals surface area contributed by atoms with E-state index in [-0.39, 0.29) is 48.4 Å². The number of halogens is 6. The topological polar surface area (TPSA) is 110 Å². The molecule has 7 nitrogen and oxygen atoms in total. The van der Waals surface area contributed by atoms with Gasteiger partial charge in [0.1, 0.15) is 21.9 Å². The van der Waals surface area contributed by atoms with E-state index in [1.54, 1.807) is 41.5 Å². The number of alkyl halides is 5. The fourth-order valence-electron chi connectivity index (χ4n) is 0.612. The van der Waals surface area contributed by atoms with Crippen LogP contribution in [0.15, 0.2) is 0 Å². The Morgan fingerprint density at radius 2 is 0.933 bits per heavy atom. The predicted octanol–water partition coefficient (Wildman–Crippen LogP) is 4.89. The van der Waals surface area contributed by atoms with Gasteiger partial charge < -0.3 is 19.7 Å². The van der Waals surface area contributed by atoms with Crippen LogP contribution in [0.1, 0.15) is 41.5 Å². The van der Waals surface area contributed by atoms with Gasteiger partial charge in [-0.1, -0.05) is 47.8 Å². The zero-order valence-electron chi connectivity index (χ0n) is 17.7. The lowest BCUT2D eigenvalue weighted by Gasteiger charge is -2.17. The van der Waals surface area contributed by atoms with Crippen LogP contribution in [0, 0.1) is 0 Å². The summed E-state index contributed by atoms with van der Waals surface area (Å²) in [5.41, 5.74) is 0. The highest BCUT2D eigenvalue weighted by Crippen LogP contribution is 2.19. The first-order chi connectivity index (χ1) is 13.3. The second-order valence-electron chi connectivity index (χ2n) is 6.51. The molecule has 182 valence electrons. The van der Waals surface area contributed by atoms with Crippen molar-refractivity contribution >= 4 is 104 Å². The smallest absolute Gasteiger partial charge is 0.322 e. The van der Waals surface area contributed by atoms with E-state index in [0.29, 0.717) is 0 Å². The average Bonchev–Trinajstić information content (AvgIpc) is 2.57. The summed E-state index contributed by atoms with van der Waals surface area (Å²) in [5.74, 6) is -0.775. The highest BCUT2D eigenvalue weighted by atomic mass is 79.9. The normalized spacial score (nSPS) is 10.7. The molecule has 0 bridgehead atoms. The molecule has 0 unspecified atom stereocenters. The van der Waals surface area contributed by atoms with Crippen LogP contribution in [0.3, 0.4) is 0 Å². The minimum Gasteiger partial charge on any atom is -0.461 e. The fourth-order valence-corrected chi connectivity index (χ4v) is 0.841. The molecule has 13 heteroatoms. The maximum atomic E-state index is 11.3. The van der Waals surface area contributed by atoms with E-state index in [0.717, 1.165) is 0 Å². The van der Waals surface area contributed by atoms with E-state index in [1.807, 2.05) is 0 Å². The molecule has 0 saturated carbocycles. The van der Waals surface area contributed by atoms with Gasteiger partial charge in [-0.15, -0.1) is 23.2 Å². The van der Waals surface area contributed by atoms with Crippen molar-refractivity contribution in [3.8, 4) is 0 Å². The maximum absolute atomic E-state index is 11.3. The van der Waals surface area contributed by atoms with Crippen molar-refractivity contribution in [2.75, 3.05) is 31.8 Å². The van der Waals surface area contributed by atoms with Gasteiger partial charge >= 0.3 is 11.9 Å². The Morgan fingerprint density at radius 3 is 1.03 bits per heavy atom. The summed E-state index contributed by atoms with van der Waals surface area (Å²) in [5, 5.41) is 15.4. The van der Waals surface area contributed by atoms with Crippen molar-refractivity contribution < 1.29 is 34.1 Å². The van der Waals surface area contributed by atoms with Crippen LogP contribution in [0.5, 0.6) is 0 Å². The monoisotopic (exact) mass is 732 g/mol. The number of carbonyl (C=O) groups is 3. The number of hydrogen-bond donors (Lipinski definition) is 2. The summed E-state index contributed by atoms with van der Waals surface area (Å²) in [4.78, 5) is 32.9. The van der Waals surface area contributed by atoms with Crippen LogP contribution in [0.2, 0.25) is 0 Å². The lowest BCUT2D eigenvalue weighted by atomic mass is 10.2. The zero-order chi connectivity index (χ0) is 25.2. The van der Waals surface area contributed by atoms with Gasteiger partial charge in [0, 0.05) is 0 Å². The molecule has 0 heterocycles. The number of ether oxygens (including phenoxy) is 2. The second-order valence-corrected chi connectivity index (χ2v) is 14.0. The highest BCUT2D eigenvalue weighted by molar-refractivity contribution is 9.20. The van der Waals surface area contributed by atoms with E-state index in [4.69, 9.17) is 42.9 Å². The van der Waals surface area contributed by atoms with Gasteiger partial charge in [-0.25, -0.2) is 0 Å². The van der Waals surface area contributed by atoms with Gasteiger partial charge in [0.05, 0.1) is 22.9 Å². The summed E-state index contributed by atoms with van der Waals surface area (Å²) < 4.78 is 7.91. The zero-order valence-corrected chi connectivity index (χ0v) is 25.6. The van der Waals surface area contributed by atoms with Gasteiger partial charge in [-0.05, 0) is 57.5 Å². The third-order valence-electron chi connectivity index (χ3n) is 2.09. The van der Waals surface area contributed by atoms with Crippen LogP contribution in [-0.2, 0) is 23.9 Å². The standard InChI is InChI=1S/C10H16Br2O4.C4H6Br2O.C2H6O2.CH2Cl2/c1-9(2,11)7(13)15-5-6-16-8(14)10(3,4)12;1-4(2,6)3(5)7;3-1-2-4;2-1-3/h5-6H2,1-4H3;1-2H3;3-4H,1-2H2;1H2. The Kier molecular flexibility index (Phi) is 26.3. The molecular formula is C17H30Br4Cl2O7. The molecule has 0 saturated heterocycles. The Balaban J connectivity index is -0.000000198. The molecule has 0 amide bonds. The minimum atomic E-state index is -0.717. The first kappa shape index (κ1) is 38.3. The Hall–Kier alpha value is 1.03. The quantitative estimate of drug-likeness (QED) is 0.166. The van der Waals surface area contributed by atoms with Gasteiger partial charge in [0.25, 0.3) is 0 Å². The van der Waals surface area contributed by atoms with Gasteiger partial charge in [-0.3, -0.25) is 14.4 Å². The molecule has 0 aliphatic heterocycles. The third-order valence-corrected chi connectivity index (χ3v) is 4.62. The molecule has 0 atom stereocenters. The summed E-state index contributed by atoms with van der Waals surface area (Å²) in [7, 11) is 0. The van der Waals surface area contributed by atoms with Crippen LogP contribution in [0.25, 0.3) is 0 Å². The summed E-state index contributed by atoms with van der Waals surface area (Å²) in [6, 6.07) is 0. The number of esters is 2. The second kappa shape index (κ2) is 20.6. The van der Waals surface area contributed by atoms with Crippen molar-refractivity contribution in [1.82, 2.24) is 0 Å². The summed E-state index contributed by atoms with van der Waals surface area (Å²) in [6.07, 6.45) is 0. The number of carbonyl (C=O) groups excluding carboxylic acids is 3.